The summed E-state index contributed by atoms with van der Waals surface area (Å²) in [5, 5.41) is 3.26. The first kappa shape index (κ1) is 11.8. The molecule has 3 N–H and O–H groups in total. The van der Waals surface area contributed by atoms with Gasteiger partial charge in [-0.3, -0.25) is 0 Å². The molecule has 1 atom stereocenters. The molecule has 92 valence electrons. The number of rotatable bonds is 4. The summed E-state index contributed by atoms with van der Waals surface area (Å²) in [5.41, 5.74) is 7.96. The van der Waals surface area contributed by atoms with Gasteiger partial charge >= 0.3 is 0 Å². The summed E-state index contributed by atoms with van der Waals surface area (Å²) in [6.45, 7) is 6.53. The number of hydrogen-bond donors (Lipinski definition) is 2. The van der Waals surface area contributed by atoms with Gasteiger partial charge in [0, 0.05) is 11.7 Å². The van der Waals surface area contributed by atoms with Crippen LogP contribution in [0.2, 0.25) is 0 Å². The van der Waals surface area contributed by atoms with E-state index in [1.165, 1.54) is 0 Å². The van der Waals surface area contributed by atoms with Crippen LogP contribution in [0.5, 0.6) is 0 Å². The molecular weight excluding hydrogens is 214 g/mol. The molecule has 0 aliphatic heterocycles. The molecule has 0 aliphatic carbocycles. The fourth-order valence-corrected chi connectivity index (χ4v) is 1.98. The van der Waals surface area contributed by atoms with E-state index in [1.807, 2.05) is 18.2 Å². The Balaban J connectivity index is 2.14. The van der Waals surface area contributed by atoms with Crippen molar-refractivity contribution in [3.8, 4) is 0 Å². The molecule has 1 aromatic heterocycles. The molecule has 1 heterocycles. The van der Waals surface area contributed by atoms with E-state index >= 15 is 0 Å². The van der Waals surface area contributed by atoms with Crippen LogP contribution in [0.4, 0.5) is 11.7 Å². The van der Waals surface area contributed by atoms with Crippen LogP contribution >= 0.6 is 0 Å². The van der Waals surface area contributed by atoms with Crippen molar-refractivity contribution in [3.63, 3.8) is 0 Å². The first-order valence-electron chi connectivity index (χ1n) is 5.97. The van der Waals surface area contributed by atoms with Gasteiger partial charge < -0.3 is 15.5 Å². The van der Waals surface area contributed by atoms with Gasteiger partial charge in [-0.2, -0.15) is 4.98 Å². The molecule has 0 spiro atoms. The standard InChI is InChI=1S/C13H19N3O/c1-8(2)6-9(3)15-13-16-11-7-10(14)4-5-12(11)17-13/h4-5,7-9H,6,14H2,1-3H3,(H,15,16). The smallest absolute Gasteiger partial charge is 0.295 e. The zero-order chi connectivity index (χ0) is 12.4. The molecule has 0 bridgehead atoms. The number of nitrogens with zero attached hydrogens (tertiary/aromatic N) is 1. The second-order valence-electron chi connectivity index (χ2n) is 4.92. The SMILES string of the molecule is CC(C)CC(C)Nc1nc2cc(N)ccc2o1. The summed E-state index contributed by atoms with van der Waals surface area (Å²) in [6.07, 6.45) is 1.08. The average Bonchev–Trinajstić information content (AvgIpc) is 2.57. The number of fused-ring (bicyclic) bond motifs is 1. The molecule has 2 aromatic rings. The fourth-order valence-electron chi connectivity index (χ4n) is 1.98. The van der Waals surface area contributed by atoms with Gasteiger partial charge in [0.25, 0.3) is 6.01 Å². The summed E-state index contributed by atoms with van der Waals surface area (Å²) in [4.78, 5) is 4.36. The number of aromatic nitrogens is 1. The molecular formula is C13H19N3O. The molecule has 0 saturated heterocycles. The number of nitrogens with two attached hydrogens (primary N) is 1. The van der Waals surface area contributed by atoms with Crippen molar-refractivity contribution in [2.24, 2.45) is 5.92 Å². The molecule has 17 heavy (non-hydrogen) atoms. The van der Waals surface area contributed by atoms with Crippen molar-refractivity contribution >= 4 is 22.8 Å². The molecule has 4 nitrogen and oxygen atoms in total. The molecule has 0 radical (unpaired) electrons. The van der Waals surface area contributed by atoms with Gasteiger partial charge in [-0.15, -0.1) is 0 Å². The Kier molecular flexibility index (Phi) is 3.22. The Morgan fingerprint density at radius 2 is 2.12 bits per heavy atom. The van der Waals surface area contributed by atoms with Gasteiger partial charge in [0.1, 0.15) is 5.52 Å². The lowest BCUT2D eigenvalue weighted by atomic mass is 10.1. The normalized spacial score (nSPS) is 13.2. The summed E-state index contributed by atoms with van der Waals surface area (Å²) >= 11 is 0. The highest BCUT2D eigenvalue weighted by Gasteiger charge is 2.10. The maximum absolute atomic E-state index is 5.70. The van der Waals surface area contributed by atoms with E-state index < -0.39 is 0 Å². The quantitative estimate of drug-likeness (QED) is 0.795. The Bertz CT molecular complexity index is 504. The summed E-state index contributed by atoms with van der Waals surface area (Å²) in [5.74, 6) is 0.650. The van der Waals surface area contributed by atoms with Crippen LogP contribution in [0.3, 0.4) is 0 Å². The third-order valence-corrected chi connectivity index (χ3v) is 2.61. The van der Waals surface area contributed by atoms with Crippen molar-refractivity contribution < 1.29 is 4.42 Å². The Morgan fingerprint density at radius 3 is 2.82 bits per heavy atom. The minimum atomic E-state index is 0.348. The number of nitrogen functional groups attached to an aromatic ring is 1. The zero-order valence-electron chi connectivity index (χ0n) is 10.5. The number of benzene rings is 1. The first-order valence-corrected chi connectivity index (χ1v) is 5.97. The lowest BCUT2D eigenvalue weighted by Crippen LogP contribution is -2.17. The van der Waals surface area contributed by atoms with Crippen LogP contribution in [0.1, 0.15) is 27.2 Å². The van der Waals surface area contributed by atoms with Crippen LogP contribution in [0.15, 0.2) is 22.6 Å². The molecule has 2 rings (SSSR count). The highest BCUT2D eigenvalue weighted by molar-refractivity contribution is 5.78. The van der Waals surface area contributed by atoms with Crippen molar-refractivity contribution in [2.75, 3.05) is 11.1 Å². The number of oxazole rings is 1. The van der Waals surface area contributed by atoms with Gasteiger partial charge in [0.2, 0.25) is 0 Å². The lowest BCUT2D eigenvalue weighted by molar-refractivity contribution is 0.521. The molecule has 1 aromatic carbocycles. The first-order chi connectivity index (χ1) is 8.04. The van der Waals surface area contributed by atoms with E-state index in [9.17, 15) is 0 Å². The molecule has 4 heteroatoms. The van der Waals surface area contributed by atoms with E-state index in [4.69, 9.17) is 10.2 Å². The van der Waals surface area contributed by atoms with Gasteiger partial charge in [0.05, 0.1) is 0 Å². The van der Waals surface area contributed by atoms with Crippen LogP contribution in [0.25, 0.3) is 11.1 Å². The van der Waals surface area contributed by atoms with Crippen molar-refractivity contribution in [3.05, 3.63) is 18.2 Å². The topological polar surface area (TPSA) is 64.1 Å². The summed E-state index contributed by atoms with van der Waals surface area (Å²) < 4.78 is 5.60. The zero-order valence-corrected chi connectivity index (χ0v) is 10.5. The highest BCUT2D eigenvalue weighted by atomic mass is 16.4. The largest absolute Gasteiger partial charge is 0.424 e. The van der Waals surface area contributed by atoms with E-state index in [2.05, 4.69) is 31.1 Å². The van der Waals surface area contributed by atoms with Gasteiger partial charge in [-0.25, -0.2) is 0 Å². The molecule has 0 fully saturated rings. The Morgan fingerprint density at radius 1 is 1.35 bits per heavy atom. The van der Waals surface area contributed by atoms with E-state index in [1.54, 1.807) is 0 Å². The van der Waals surface area contributed by atoms with E-state index in [-0.39, 0.29) is 0 Å². The van der Waals surface area contributed by atoms with Crippen LogP contribution in [-0.2, 0) is 0 Å². The molecule has 1 unspecified atom stereocenters. The van der Waals surface area contributed by atoms with Gasteiger partial charge in [-0.1, -0.05) is 13.8 Å². The minimum Gasteiger partial charge on any atom is -0.424 e. The van der Waals surface area contributed by atoms with Crippen LogP contribution < -0.4 is 11.1 Å². The summed E-state index contributed by atoms with van der Waals surface area (Å²) in [7, 11) is 0. The van der Waals surface area contributed by atoms with Crippen LogP contribution in [-0.4, -0.2) is 11.0 Å². The fraction of sp³-hybridized carbons (Fsp3) is 0.462. The maximum atomic E-state index is 5.70. The van der Waals surface area contributed by atoms with Gasteiger partial charge in [0.15, 0.2) is 5.58 Å². The van der Waals surface area contributed by atoms with Gasteiger partial charge in [-0.05, 0) is 37.5 Å². The Hall–Kier alpha value is -1.71. The highest BCUT2D eigenvalue weighted by Crippen LogP contribution is 2.22. The summed E-state index contributed by atoms with van der Waals surface area (Å²) in [6, 6.07) is 6.39. The maximum Gasteiger partial charge on any atom is 0.295 e. The predicted molar refractivity (Wildman–Crippen MR) is 71.0 cm³/mol. The minimum absolute atomic E-state index is 0.348. The number of anilines is 2. The second-order valence-corrected chi connectivity index (χ2v) is 4.92. The average molecular weight is 233 g/mol. The van der Waals surface area contributed by atoms with Crippen molar-refractivity contribution in [2.45, 2.75) is 33.2 Å². The van der Waals surface area contributed by atoms with Crippen molar-refractivity contribution in [1.82, 2.24) is 4.98 Å². The van der Waals surface area contributed by atoms with E-state index in [0.717, 1.165) is 17.5 Å². The number of hydrogen-bond acceptors (Lipinski definition) is 4. The van der Waals surface area contributed by atoms with Crippen molar-refractivity contribution in [1.29, 1.82) is 0 Å². The number of nitrogens with one attached hydrogen (secondary N) is 1. The molecule has 0 amide bonds. The third kappa shape index (κ3) is 2.90. The molecule has 0 saturated carbocycles. The third-order valence-electron chi connectivity index (χ3n) is 2.61. The van der Waals surface area contributed by atoms with E-state index in [0.29, 0.717) is 23.7 Å². The van der Waals surface area contributed by atoms with Crippen LogP contribution in [0, 0.1) is 5.92 Å². The second kappa shape index (κ2) is 4.65. The Labute approximate surface area is 101 Å². The monoisotopic (exact) mass is 233 g/mol. The lowest BCUT2D eigenvalue weighted by Gasteiger charge is -2.13. The predicted octanol–water partition coefficient (Wildman–Crippen LogP) is 3.26. The molecule has 0 aliphatic rings.